The van der Waals surface area contributed by atoms with Crippen LogP contribution in [-0.2, 0) is 14.3 Å². The third-order valence-electron chi connectivity index (χ3n) is 4.93. The molecule has 180 valence electrons. The predicted octanol–water partition coefficient (Wildman–Crippen LogP) is 6.29. The number of amides is 1. The molecule has 0 unspecified atom stereocenters. The van der Waals surface area contributed by atoms with Crippen LogP contribution in [-0.4, -0.2) is 38.3 Å². The van der Waals surface area contributed by atoms with E-state index in [2.05, 4.69) is 13.8 Å². The summed E-state index contributed by atoms with van der Waals surface area (Å²) < 4.78 is 16.6. The van der Waals surface area contributed by atoms with Gasteiger partial charge in [0, 0.05) is 18.9 Å². The fraction of sp³-hybridized carbons (Fsp3) is 0.615. The van der Waals surface area contributed by atoms with Gasteiger partial charge in [-0.15, -0.1) is 0 Å². The first-order valence-electron chi connectivity index (χ1n) is 12.1. The molecule has 0 aliphatic heterocycles. The van der Waals surface area contributed by atoms with Crippen molar-refractivity contribution in [2.45, 2.75) is 79.1 Å². The van der Waals surface area contributed by atoms with Crippen LogP contribution in [0.1, 0.15) is 89.4 Å². The Balaban J connectivity index is 2.88. The Kier molecular flexibility index (Phi) is 14.9. The Morgan fingerprint density at radius 1 is 0.938 bits per heavy atom. The van der Waals surface area contributed by atoms with Gasteiger partial charge in [-0.05, 0) is 38.8 Å². The van der Waals surface area contributed by atoms with Gasteiger partial charge in [-0.2, -0.15) is 0 Å². The second-order valence-corrected chi connectivity index (χ2v) is 7.67. The number of anilines is 1. The molecular formula is C26H41NO5. The van der Waals surface area contributed by atoms with Gasteiger partial charge in [-0.3, -0.25) is 9.69 Å². The Morgan fingerprint density at radius 2 is 1.66 bits per heavy atom. The predicted molar refractivity (Wildman–Crippen MR) is 129 cm³/mol. The van der Waals surface area contributed by atoms with Crippen LogP contribution in [0, 0.1) is 0 Å². The first kappa shape index (κ1) is 27.7. The smallest absolute Gasteiger partial charge is 0.340 e. The minimum Gasteiger partial charge on any atom is -0.494 e. The first-order valence-corrected chi connectivity index (χ1v) is 12.1. The van der Waals surface area contributed by atoms with Crippen molar-refractivity contribution in [3.63, 3.8) is 0 Å². The molecule has 0 aromatic heterocycles. The Labute approximate surface area is 193 Å². The summed E-state index contributed by atoms with van der Waals surface area (Å²) in [7, 11) is 0. The van der Waals surface area contributed by atoms with Gasteiger partial charge in [0.2, 0.25) is 0 Å². The van der Waals surface area contributed by atoms with E-state index in [0.717, 1.165) is 25.7 Å². The third kappa shape index (κ3) is 10.3. The van der Waals surface area contributed by atoms with Crippen molar-refractivity contribution in [3.8, 4) is 5.75 Å². The maximum Gasteiger partial charge on any atom is 0.340 e. The van der Waals surface area contributed by atoms with Crippen molar-refractivity contribution in [2.24, 2.45) is 0 Å². The zero-order valence-electron chi connectivity index (χ0n) is 20.4. The molecule has 0 spiro atoms. The number of carbonyl (C=O) groups excluding carboxylic acids is 2. The van der Waals surface area contributed by atoms with E-state index in [1.165, 1.54) is 30.6 Å². The van der Waals surface area contributed by atoms with Crippen LogP contribution in [0.5, 0.6) is 5.75 Å². The molecule has 0 heterocycles. The molecule has 0 N–H and O–H groups in total. The molecule has 1 aromatic rings. The number of esters is 1. The monoisotopic (exact) mass is 447 g/mol. The lowest BCUT2D eigenvalue weighted by molar-refractivity contribution is -0.122. The molecule has 32 heavy (non-hydrogen) atoms. The number of unbranched alkanes of at least 4 members (excludes halogenated alkanes) is 6. The average molecular weight is 448 g/mol. The van der Waals surface area contributed by atoms with Crippen LogP contribution in [0.25, 0.3) is 0 Å². The van der Waals surface area contributed by atoms with Crippen molar-refractivity contribution < 1.29 is 23.8 Å². The largest absolute Gasteiger partial charge is 0.494 e. The number of nitrogens with zero attached hydrogens (tertiary/aromatic N) is 1. The molecular weight excluding hydrogens is 406 g/mol. The van der Waals surface area contributed by atoms with E-state index in [4.69, 9.17) is 14.2 Å². The lowest BCUT2D eigenvalue weighted by Gasteiger charge is -2.22. The molecule has 1 aromatic carbocycles. The Bertz CT molecular complexity index is 701. The fourth-order valence-electron chi connectivity index (χ4n) is 3.18. The summed E-state index contributed by atoms with van der Waals surface area (Å²) in [6, 6.07) is 5.10. The van der Waals surface area contributed by atoms with E-state index >= 15 is 0 Å². The van der Waals surface area contributed by atoms with Crippen LogP contribution in [0.2, 0.25) is 0 Å². The first-order chi connectivity index (χ1) is 15.6. The number of benzene rings is 1. The van der Waals surface area contributed by atoms with Crippen LogP contribution < -0.4 is 9.64 Å². The SMILES string of the molecule is CC=CN(C(=O)COCCCCCCCC)c1cc(OCCCC)ccc1C(=O)OCC. The summed E-state index contributed by atoms with van der Waals surface area (Å²) >= 11 is 0. The molecule has 0 aliphatic carbocycles. The van der Waals surface area contributed by atoms with Crippen LogP contribution in [0.4, 0.5) is 5.69 Å². The highest BCUT2D eigenvalue weighted by molar-refractivity contribution is 6.04. The zero-order valence-corrected chi connectivity index (χ0v) is 20.4. The van der Waals surface area contributed by atoms with Gasteiger partial charge in [-0.25, -0.2) is 4.79 Å². The lowest BCUT2D eigenvalue weighted by Crippen LogP contribution is -2.31. The zero-order chi connectivity index (χ0) is 23.6. The topological polar surface area (TPSA) is 65.1 Å². The van der Waals surface area contributed by atoms with Crippen LogP contribution in [0.3, 0.4) is 0 Å². The van der Waals surface area contributed by atoms with Gasteiger partial charge >= 0.3 is 5.97 Å². The highest BCUT2D eigenvalue weighted by Gasteiger charge is 2.22. The minimum atomic E-state index is -0.474. The standard InChI is InChI=1S/C26H41NO5/c1-5-9-11-12-13-14-18-30-21-25(28)27(17-7-3)24-20-22(32-19-10-6-2)15-16-23(24)26(29)31-8-4/h7,15-17,20H,5-6,8-14,18-19,21H2,1-4H3. The summed E-state index contributed by atoms with van der Waals surface area (Å²) in [5.74, 6) is -0.111. The summed E-state index contributed by atoms with van der Waals surface area (Å²) in [6.45, 7) is 9.20. The normalized spacial score (nSPS) is 11.0. The van der Waals surface area contributed by atoms with Gasteiger partial charge in [0.25, 0.3) is 5.91 Å². The van der Waals surface area contributed by atoms with E-state index in [1.54, 1.807) is 37.4 Å². The van der Waals surface area contributed by atoms with Gasteiger partial charge < -0.3 is 14.2 Å². The minimum absolute atomic E-state index is 0.0531. The summed E-state index contributed by atoms with van der Waals surface area (Å²) in [5.41, 5.74) is 0.751. The molecule has 0 saturated carbocycles. The van der Waals surface area contributed by atoms with Crippen molar-refractivity contribution in [1.82, 2.24) is 0 Å². The number of hydrogen-bond donors (Lipinski definition) is 0. The van der Waals surface area contributed by atoms with Crippen molar-refractivity contribution in [2.75, 3.05) is 31.3 Å². The van der Waals surface area contributed by atoms with Crippen LogP contribution in [0.15, 0.2) is 30.5 Å². The summed E-state index contributed by atoms with van der Waals surface area (Å²) in [6.07, 6.45) is 12.3. The number of carbonyl (C=O) groups is 2. The van der Waals surface area contributed by atoms with Crippen LogP contribution >= 0.6 is 0 Å². The quantitative estimate of drug-likeness (QED) is 0.207. The molecule has 0 radical (unpaired) electrons. The van der Waals surface area contributed by atoms with Gasteiger partial charge in [0.15, 0.2) is 0 Å². The van der Waals surface area contributed by atoms with Gasteiger partial charge in [-0.1, -0.05) is 58.4 Å². The lowest BCUT2D eigenvalue weighted by atomic mass is 10.1. The van der Waals surface area contributed by atoms with Crippen molar-refractivity contribution in [1.29, 1.82) is 0 Å². The maximum absolute atomic E-state index is 13.0. The van der Waals surface area contributed by atoms with E-state index in [-0.39, 0.29) is 19.1 Å². The van der Waals surface area contributed by atoms with Gasteiger partial charge in [0.05, 0.1) is 24.5 Å². The molecule has 6 nitrogen and oxygen atoms in total. The summed E-state index contributed by atoms with van der Waals surface area (Å²) in [4.78, 5) is 26.9. The fourth-order valence-corrected chi connectivity index (χ4v) is 3.18. The number of hydrogen-bond acceptors (Lipinski definition) is 5. The maximum atomic E-state index is 13.0. The second-order valence-electron chi connectivity index (χ2n) is 7.67. The van der Waals surface area contributed by atoms with E-state index in [1.807, 2.05) is 6.92 Å². The van der Waals surface area contributed by atoms with E-state index in [0.29, 0.717) is 30.2 Å². The molecule has 1 amide bonds. The summed E-state index contributed by atoms with van der Waals surface area (Å²) in [5, 5.41) is 0. The average Bonchev–Trinajstić information content (AvgIpc) is 2.79. The number of allylic oxidation sites excluding steroid dienone is 1. The van der Waals surface area contributed by atoms with E-state index < -0.39 is 5.97 Å². The number of rotatable bonds is 17. The highest BCUT2D eigenvalue weighted by Crippen LogP contribution is 2.28. The molecule has 0 bridgehead atoms. The Morgan fingerprint density at radius 3 is 2.34 bits per heavy atom. The molecule has 6 heteroatoms. The Hall–Kier alpha value is -2.34. The molecule has 0 saturated heterocycles. The molecule has 0 fully saturated rings. The molecule has 0 aliphatic rings. The second kappa shape index (κ2) is 17.2. The molecule has 0 atom stereocenters. The number of ether oxygens (including phenoxy) is 3. The van der Waals surface area contributed by atoms with E-state index in [9.17, 15) is 9.59 Å². The van der Waals surface area contributed by atoms with Crippen molar-refractivity contribution >= 4 is 17.6 Å². The van der Waals surface area contributed by atoms with Gasteiger partial charge in [0.1, 0.15) is 12.4 Å². The third-order valence-corrected chi connectivity index (χ3v) is 4.93. The van der Waals surface area contributed by atoms with Crippen molar-refractivity contribution in [3.05, 3.63) is 36.0 Å². The highest BCUT2D eigenvalue weighted by atomic mass is 16.5. The molecule has 1 rings (SSSR count).